The average Bonchev–Trinajstić information content (AvgIpc) is 3.50. The number of para-hydroxylation sites is 1. The van der Waals surface area contributed by atoms with Crippen molar-refractivity contribution in [2.24, 2.45) is 5.10 Å². The molecule has 0 spiro atoms. The number of amides is 1. The fourth-order valence-electron chi connectivity index (χ4n) is 5.01. The Balaban J connectivity index is 1.35. The topological polar surface area (TPSA) is 86.0 Å². The highest BCUT2D eigenvalue weighted by Gasteiger charge is 2.33. The van der Waals surface area contributed by atoms with Crippen molar-refractivity contribution in [1.29, 1.82) is 0 Å². The van der Waals surface area contributed by atoms with Crippen molar-refractivity contribution in [3.05, 3.63) is 125 Å². The zero-order chi connectivity index (χ0) is 29.1. The number of carbonyl (C=O) groups is 1. The molecule has 0 bridgehead atoms. The van der Waals surface area contributed by atoms with Crippen LogP contribution in [0.15, 0.2) is 118 Å². The standard InChI is InChI=1S/C33H28N4O4S/c1-40-25-17-15-23(16-18-25)30-20-29(22-9-4-3-5-10-22)35-37(30)31(38)21-42-33-34-28-14-7-6-13-27(28)32(39)36(33)24-11-8-12-26(19-24)41-2/h3-19,30H,20-21H2,1-2H3. The summed E-state index contributed by atoms with van der Waals surface area (Å²) in [5.41, 5.74) is 3.73. The van der Waals surface area contributed by atoms with Gasteiger partial charge in [-0.2, -0.15) is 5.10 Å². The monoisotopic (exact) mass is 576 g/mol. The first-order chi connectivity index (χ1) is 20.6. The summed E-state index contributed by atoms with van der Waals surface area (Å²) in [7, 11) is 3.20. The molecule has 5 aromatic rings. The summed E-state index contributed by atoms with van der Waals surface area (Å²) in [5, 5.41) is 7.26. The number of carbonyl (C=O) groups excluding carboxylic acids is 1. The van der Waals surface area contributed by atoms with Gasteiger partial charge < -0.3 is 9.47 Å². The predicted molar refractivity (Wildman–Crippen MR) is 165 cm³/mol. The van der Waals surface area contributed by atoms with Gasteiger partial charge in [0, 0.05) is 12.5 Å². The third-order valence-corrected chi connectivity index (χ3v) is 8.08. The molecule has 1 amide bonds. The normalized spacial score (nSPS) is 14.6. The van der Waals surface area contributed by atoms with E-state index >= 15 is 0 Å². The molecule has 0 fully saturated rings. The maximum Gasteiger partial charge on any atom is 0.266 e. The Bertz CT molecular complexity index is 1840. The molecule has 210 valence electrons. The molecule has 1 aromatic heterocycles. The second kappa shape index (κ2) is 11.9. The molecular formula is C33H28N4O4S. The summed E-state index contributed by atoms with van der Waals surface area (Å²) in [6, 6.07) is 31.7. The van der Waals surface area contributed by atoms with Crippen molar-refractivity contribution < 1.29 is 14.3 Å². The molecule has 9 heteroatoms. The Kier molecular flexibility index (Phi) is 7.74. The average molecular weight is 577 g/mol. The van der Waals surface area contributed by atoms with Crippen molar-refractivity contribution in [2.45, 2.75) is 17.6 Å². The smallest absolute Gasteiger partial charge is 0.266 e. The van der Waals surface area contributed by atoms with Gasteiger partial charge in [-0.05, 0) is 47.5 Å². The van der Waals surface area contributed by atoms with Crippen LogP contribution >= 0.6 is 11.8 Å². The summed E-state index contributed by atoms with van der Waals surface area (Å²) >= 11 is 1.21. The van der Waals surface area contributed by atoms with Crippen LogP contribution < -0.4 is 15.0 Å². The molecule has 2 heterocycles. The van der Waals surface area contributed by atoms with E-state index in [1.807, 2.05) is 84.9 Å². The lowest BCUT2D eigenvalue weighted by Crippen LogP contribution is -2.29. The van der Waals surface area contributed by atoms with Crippen LogP contribution in [0.2, 0.25) is 0 Å². The molecule has 1 aliphatic rings. The first-order valence-corrected chi connectivity index (χ1v) is 14.4. The van der Waals surface area contributed by atoms with E-state index in [1.165, 1.54) is 16.3 Å². The van der Waals surface area contributed by atoms with Gasteiger partial charge in [-0.3, -0.25) is 14.2 Å². The van der Waals surface area contributed by atoms with Gasteiger partial charge in [0.25, 0.3) is 11.5 Å². The van der Waals surface area contributed by atoms with E-state index in [9.17, 15) is 9.59 Å². The van der Waals surface area contributed by atoms with E-state index in [2.05, 4.69) is 0 Å². The van der Waals surface area contributed by atoms with Crippen LogP contribution in [0.5, 0.6) is 11.5 Å². The first-order valence-electron chi connectivity index (χ1n) is 13.4. The van der Waals surface area contributed by atoms with Gasteiger partial charge in [-0.1, -0.05) is 72.4 Å². The van der Waals surface area contributed by atoms with Crippen LogP contribution in [0.25, 0.3) is 16.6 Å². The van der Waals surface area contributed by atoms with Crippen LogP contribution in [0.3, 0.4) is 0 Å². The number of hydrogen-bond donors (Lipinski definition) is 0. The second-order valence-electron chi connectivity index (χ2n) is 9.69. The Labute approximate surface area is 247 Å². The van der Waals surface area contributed by atoms with Gasteiger partial charge in [0.1, 0.15) is 11.5 Å². The largest absolute Gasteiger partial charge is 0.497 e. The number of hydrazone groups is 1. The molecule has 42 heavy (non-hydrogen) atoms. The predicted octanol–water partition coefficient (Wildman–Crippen LogP) is 5.87. The van der Waals surface area contributed by atoms with Crippen LogP contribution in [0.4, 0.5) is 0 Å². The van der Waals surface area contributed by atoms with E-state index < -0.39 is 0 Å². The second-order valence-corrected chi connectivity index (χ2v) is 10.6. The van der Waals surface area contributed by atoms with Crippen LogP contribution in [-0.2, 0) is 4.79 Å². The van der Waals surface area contributed by atoms with Crippen molar-refractivity contribution in [2.75, 3.05) is 20.0 Å². The number of nitrogens with zero attached hydrogens (tertiary/aromatic N) is 4. The van der Waals surface area contributed by atoms with Crippen LogP contribution in [-0.4, -0.2) is 46.2 Å². The molecule has 0 aliphatic carbocycles. The highest BCUT2D eigenvalue weighted by molar-refractivity contribution is 7.99. The Morgan fingerprint density at radius 1 is 0.881 bits per heavy atom. The zero-order valence-electron chi connectivity index (χ0n) is 23.1. The summed E-state index contributed by atoms with van der Waals surface area (Å²) in [6.45, 7) is 0. The minimum Gasteiger partial charge on any atom is -0.497 e. The molecule has 6 rings (SSSR count). The molecular weight excluding hydrogens is 548 g/mol. The van der Waals surface area contributed by atoms with Crippen LogP contribution in [0.1, 0.15) is 23.6 Å². The van der Waals surface area contributed by atoms with Gasteiger partial charge >= 0.3 is 0 Å². The molecule has 1 atom stereocenters. The first kappa shape index (κ1) is 27.3. The lowest BCUT2D eigenvalue weighted by atomic mass is 9.98. The van der Waals surface area contributed by atoms with E-state index in [1.54, 1.807) is 37.4 Å². The third-order valence-electron chi connectivity index (χ3n) is 7.15. The molecule has 0 radical (unpaired) electrons. The highest BCUT2D eigenvalue weighted by Crippen LogP contribution is 2.34. The number of aromatic nitrogens is 2. The lowest BCUT2D eigenvalue weighted by molar-refractivity contribution is -0.130. The summed E-state index contributed by atoms with van der Waals surface area (Å²) in [6.07, 6.45) is 0.579. The summed E-state index contributed by atoms with van der Waals surface area (Å²) in [5.74, 6) is 1.20. The number of fused-ring (bicyclic) bond motifs is 1. The minimum absolute atomic E-state index is 0.0347. The molecule has 0 saturated carbocycles. The Hall–Kier alpha value is -4.89. The summed E-state index contributed by atoms with van der Waals surface area (Å²) in [4.78, 5) is 32.3. The number of methoxy groups -OCH3 is 2. The van der Waals surface area contributed by atoms with Gasteiger partial charge in [0.2, 0.25) is 0 Å². The molecule has 8 nitrogen and oxygen atoms in total. The van der Waals surface area contributed by atoms with Gasteiger partial charge in [-0.15, -0.1) is 0 Å². The van der Waals surface area contributed by atoms with E-state index in [0.29, 0.717) is 33.9 Å². The van der Waals surface area contributed by atoms with E-state index in [4.69, 9.17) is 19.6 Å². The highest BCUT2D eigenvalue weighted by atomic mass is 32.2. The maximum atomic E-state index is 13.8. The van der Waals surface area contributed by atoms with Gasteiger partial charge in [0.15, 0.2) is 5.16 Å². The fraction of sp³-hybridized carbons (Fsp3) is 0.152. The Morgan fingerprint density at radius 2 is 1.62 bits per heavy atom. The quantitative estimate of drug-likeness (QED) is 0.170. The number of hydrogen-bond acceptors (Lipinski definition) is 7. The van der Waals surface area contributed by atoms with Crippen LogP contribution in [0, 0.1) is 0 Å². The zero-order valence-corrected chi connectivity index (χ0v) is 24.0. The number of benzene rings is 4. The van der Waals surface area contributed by atoms with Crippen molar-refractivity contribution >= 4 is 34.3 Å². The van der Waals surface area contributed by atoms with Gasteiger partial charge in [-0.25, -0.2) is 9.99 Å². The molecule has 1 aliphatic heterocycles. The Morgan fingerprint density at radius 3 is 2.38 bits per heavy atom. The molecule has 0 N–H and O–H groups in total. The van der Waals surface area contributed by atoms with Crippen molar-refractivity contribution in [3.8, 4) is 17.2 Å². The number of thioether (sulfide) groups is 1. The van der Waals surface area contributed by atoms with E-state index in [0.717, 1.165) is 22.6 Å². The van der Waals surface area contributed by atoms with Gasteiger partial charge in [0.05, 0.1) is 48.3 Å². The molecule has 4 aromatic carbocycles. The van der Waals surface area contributed by atoms with Crippen molar-refractivity contribution in [3.63, 3.8) is 0 Å². The number of ether oxygens (including phenoxy) is 2. The third kappa shape index (κ3) is 5.38. The molecule has 0 saturated heterocycles. The maximum absolute atomic E-state index is 13.8. The molecule has 1 unspecified atom stereocenters. The fourth-order valence-corrected chi connectivity index (χ4v) is 5.88. The SMILES string of the molecule is COc1ccc(C2CC(c3ccccc3)=NN2C(=O)CSc2nc3ccccc3c(=O)n2-c2cccc(OC)c2)cc1. The lowest BCUT2D eigenvalue weighted by Gasteiger charge is -2.22. The summed E-state index contributed by atoms with van der Waals surface area (Å²) < 4.78 is 12.3. The number of rotatable bonds is 8. The van der Waals surface area contributed by atoms with E-state index in [-0.39, 0.29) is 23.3 Å². The van der Waals surface area contributed by atoms with Crippen molar-refractivity contribution in [1.82, 2.24) is 14.6 Å². The minimum atomic E-state index is -0.274.